The van der Waals surface area contributed by atoms with Crippen LogP contribution in [0.5, 0.6) is 5.75 Å². The SMILES string of the molecule is Cc1ccc([N+](=O)[O-])cc1NC(=O)CSc1nnc(COc2ccccc2Cl)o1. The molecule has 1 N–H and O–H groups in total. The molecule has 0 atom stereocenters. The standard InChI is InChI=1S/C18H15ClN4O5S/c1-11-6-7-12(23(25)26)8-14(11)20-16(24)10-29-18-22-21-17(28-18)9-27-15-5-3-2-4-13(15)19/h2-8H,9-10H2,1H3,(H,20,24). The van der Waals surface area contributed by atoms with Crippen LogP contribution < -0.4 is 10.1 Å². The van der Waals surface area contributed by atoms with Crippen LogP contribution in [0.1, 0.15) is 11.5 Å². The summed E-state index contributed by atoms with van der Waals surface area (Å²) in [7, 11) is 0. The van der Waals surface area contributed by atoms with Crippen molar-refractivity contribution in [1.82, 2.24) is 10.2 Å². The molecule has 150 valence electrons. The van der Waals surface area contributed by atoms with Crippen molar-refractivity contribution >= 4 is 40.6 Å². The molecule has 2 aromatic carbocycles. The fourth-order valence-corrected chi connectivity index (χ4v) is 3.00. The molecule has 1 aromatic heterocycles. The van der Waals surface area contributed by atoms with Crippen molar-refractivity contribution in [2.45, 2.75) is 18.8 Å². The summed E-state index contributed by atoms with van der Waals surface area (Å²) in [6.45, 7) is 1.78. The van der Waals surface area contributed by atoms with Gasteiger partial charge in [0.05, 0.1) is 21.4 Å². The summed E-state index contributed by atoms with van der Waals surface area (Å²) in [6.07, 6.45) is 0. The number of benzene rings is 2. The number of non-ortho nitro benzene ring substituents is 1. The number of hydrogen-bond donors (Lipinski definition) is 1. The summed E-state index contributed by atoms with van der Waals surface area (Å²) >= 11 is 7.05. The van der Waals surface area contributed by atoms with Gasteiger partial charge in [0.25, 0.3) is 16.8 Å². The van der Waals surface area contributed by atoms with Gasteiger partial charge in [-0.3, -0.25) is 14.9 Å². The number of para-hydroxylation sites is 1. The van der Waals surface area contributed by atoms with Gasteiger partial charge in [-0.2, -0.15) is 0 Å². The van der Waals surface area contributed by atoms with Crippen LogP contribution >= 0.6 is 23.4 Å². The Morgan fingerprint density at radius 3 is 2.86 bits per heavy atom. The minimum absolute atomic E-state index is 0.00483. The van der Waals surface area contributed by atoms with Gasteiger partial charge >= 0.3 is 0 Å². The quantitative estimate of drug-likeness (QED) is 0.317. The third-order valence-corrected chi connectivity index (χ3v) is 4.80. The van der Waals surface area contributed by atoms with E-state index in [0.29, 0.717) is 22.0 Å². The highest BCUT2D eigenvalue weighted by Gasteiger charge is 2.14. The maximum Gasteiger partial charge on any atom is 0.277 e. The lowest BCUT2D eigenvalue weighted by Crippen LogP contribution is -2.15. The first kappa shape index (κ1) is 20.6. The van der Waals surface area contributed by atoms with Crippen molar-refractivity contribution in [3.63, 3.8) is 0 Å². The molecule has 0 aliphatic heterocycles. The highest BCUT2D eigenvalue weighted by atomic mass is 35.5. The molecule has 0 bridgehead atoms. The Morgan fingerprint density at radius 1 is 1.31 bits per heavy atom. The van der Waals surface area contributed by atoms with E-state index in [1.807, 2.05) is 0 Å². The maximum atomic E-state index is 12.1. The van der Waals surface area contributed by atoms with Crippen molar-refractivity contribution in [3.05, 3.63) is 69.1 Å². The van der Waals surface area contributed by atoms with Gasteiger partial charge in [-0.05, 0) is 24.6 Å². The molecule has 9 nitrogen and oxygen atoms in total. The third-order valence-electron chi connectivity index (χ3n) is 3.67. The number of anilines is 1. The number of nitrogens with one attached hydrogen (secondary N) is 1. The largest absolute Gasteiger partial charge is 0.482 e. The lowest BCUT2D eigenvalue weighted by molar-refractivity contribution is -0.384. The Hall–Kier alpha value is -3.11. The second-order valence-electron chi connectivity index (χ2n) is 5.77. The van der Waals surface area contributed by atoms with E-state index in [1.165, 1.54) is 12.1 Å². The van der Waals surface area contributed by atoms with E-state index in [0.717, 1.165) is 11.8 Å². The first-order chi connectivity index (χ1) is 13.9. The molecule has 29 heavy (non-hydrogen) atoms. The molecule has 0 saturated heterocycles. The Morgan fingerprint density at radius 2 is 2.10 bits per heavy atom. The third kappa shape index (κ3) is 5.69. The van der Waals surface area contributed by atoms with E-state index in [2.05, 4.69) is 15.5 Å². The van der Waals surface area contributed by atoms with Crippen LogP contribution in [0.15, 0.2) is 52.1 Å². The molecule has 0 spiro atoms. The topological polar surface area (TPSA) is 120 Å². The normalized spacial score (nSPS) is 10.6. The number of nitrogens with zero attached hydrogens (tertiary/aromatic N) is 3. The second-order valence-corrected chi connectivity index (χ2v) is 7.11. The van der Waals surface area contributed by atoms with Gasteiger partial charge in [-0.25, -0.2) is 0 Å². The van der Waals surface area contributed by atoms with Gasteiger partial charge in [0.15, 0.2) is 6.61 Å². The summed E-state index contributed by atoms with van der Waals surface area (Å²) in [5.74, 6) is 0.371. The summed E-state index contributed by atoms with van der Waals surface area (Å²) in [6, 6.07) is 11.3. The minimum atomic E-state index is -0.519. The molecular weight excluding hydrogens is 420 g/mol. The fraction of sp³-hybridized carbons (Fsp3) is 0.167. The Bertz CT molecular complexity index is 1040. The fourth-order valence-electron chi connectivity index (χ4n) is 2.23. The monoisotopic (exact) mass is 434 g/mol. The zero-order chi connectivity index (χ0) is 20.8. The number of carbonyl (C=O) groups excluding carboxylic acids is 1. The van der Waals surface area contributed by atoms with Crippen LogP contribution in [0.25, 0.3) is 0 Å². The summed E-state index contributed by atoms with van der Waals surface area (Å²) in [4.78, 5) is 22.5. The lowest BCUT2D eigenvalue weighted by Gasteiger charge is -2.07. The van der Waals surface area contributed by atoms with Gasteiger partial charge in [0.1, 0.15) is 5.75 Å². The van der Waals surface area contributed by atoms with Crippen molar-refractivity contribution in [2.24, 2.45) is 0 Å². The van der Waals surface area contributed by atoms with E-state index >= 15 is 0 Å². The Labute approximate surface area is 174 Å². The molecule has 0 unspecified atom stereocenters. The van der Waals surface area contributed by atoms with Gasteiger partial charge in [0, 0.05) is 12.1 Å². The first-order valence-electron chi connectivity index (χ1n) is 8.30. The number of aryl methyl sites for hydroxylation is 1. The van der Waals surface area contributed by atoms with Crippen molar-refractivity contribution in [2.75, 3.05) is 11.1 Å². The van der Waals surface area contributed by atoms with Crippen LogP contribution in [0.2, 0.25) is 5.02 Å². The lowest BCUT2D eigenvalue weighted by atomic mass is 10.2. The number of carbonyl (C=O) groups is 1. The van der Waals surface area contributed by atoms with Gasteiger partial charge in [0.2, 0.25) is 5.91 Å². The number of rotatable bonds is 8. The van der Waals surface area contributed by atoms with Crippen LogP contribution in [0, 0.1) is 17.0 Å². The van der Waals surface area contributed by atoms with Crippen LogP contribution in [-0.4, -0.2) is 26.8 Å². The molecule has 0 saturated carbocycles. The zero-order valence-corrected chi connectivity index (χ0v) is 16.7. The van der Waals surface area contributed by atoms with Crippen molar-refractivity contribution in [1.29, 1.82) is 0 Å². The average molecular weight is 435 g/mol. The number of aromatic nitrogens is 2. The summed E-state index contributed by atoms with van der Waals surface area (Å²) < 4.78 is 10.9. The maximum absolute atomic E-state index is 12.1. The number of halogens is 1. The van der Waals surface area contributed by atoms with Crippen LogP contribution in [-0.2, 0) is 11.4 Å². The van der Waals surface area contributed by atoms with E-state index in [9.17, 15) is 14.9 Å². The smallest absolute Gasteiger partial charge is 0.277 e. The van der Waals surface area contributed by atoms with E-state index in [-0.39, 0.29) is 35.1 Å². The number of amides is 1. The van der Waals surface area contributed by atoms with Crippen molar-refractivity contribution < 1.29 is 18.9 Å². The summed E-state index contributed by atoms with van der Waals surface area (Å²) in [5.41, 5.74) is 0.994. The number of hydrogen-bond acceptors (Lipinski definition) is 8. The first-order valence-corrected chi connectivity index (χ1v) is 9.66. The van der Waals surface area contributed by atoms with Gasteiger partial charge < -0.3 is 14.5 Å². The molecule has 0 aliphatic rings. The Balaban J connectivity index is 1.52. The molecule has 0 fully saturated rings. The van der Waals surface area contributed by atoms with Crippen LogP contribution in [0.4, 0.5) is 11.4 Å². The highest BCUT2D eigenvalue weighted by Crippen LogP contribution is 2.25. The molecule has 0 aliphatic carbocycles. The molecule has 1 heterocycles. The van der Waals surface area contributed by atoms with E-state index in [4.69, 9.17) is 20.8 Å². The number of thioether (sulfide) groups is 1. The number of nitro benzene ring substituents is 1. The van der Waals surface area contributed by atoms with Crippen molar-refractivity contribution in [3.8, 4) is 5.75 Å². The number of ether oxygens (including phenoxy) is 1. The van der Waals surface area contributed by atoms with Gasteiger partial charge in [-0.1, -0.05) is 41.6 Å². The molecule has 1 amide bonds. The molecule has 11 heteroatoms. The molecular formula is C18H15ClN4O5S. The molecule has 0 radical (unpaired) electrons. The average Bonchev–Trinajstić information content (AvgIpc) is 3.15. The van der Waals surface area contributed by atoms with E-state index in [1.54, 1.807) is 37.3 Å². The molecule has 3 aromatic rings. The van der Waals surface area contributed by atoms with Gasteiger partial charge in [-0.15, -0.1) is 10.2 Å². The second kappa shape index (κ2) is 9.39. The number of nitro groups is 1. The summed E-state index contributed by atoms with van der Waals surface area (Å²) in [5, 5.41) is 21.9. The molecule has 3 rings (SSSR count). The zero-order valence-electron chi connectivity index (χ0n) is 15.1. The minimum Gasteiger partial charge on any atom is -0.482 e. The predicted molar refractivity (Wildman–Crippen MR) is 107 cm³/mol. The van der Waals surface area contributed by atoms with Crippen LogP contribution in [0.3, 0.4) is 0 Å². The predicted octanol–water partition coefficient (Wildman–Crippen LogP) is 4.25. The van der Waals surface area contributed by atoms with E-state index < -0.39 is 4.92 Å². The highest BCUT2D eigenvalue weighted by molar-refractivity contribution is 7.99. The Kier molecular flexibility index (Phi) is 6.68.